The molecule has 0 aromatic rings. The fourth-order valence-electron chi connectivity index (χ4n) is 9.50. The standard InChI is InChI=1S/C28H48O11S.Na/c1-12(2)13(3)22(31)23(32)14(4)17-10-18(29)21-15-9-20(30)28(35)25(34)24(33)19(39-40(36,37)38)11-27(28,6)16(15)7-8-26(17,21)5;/h12-17,19-25,30-35H,7-11H2,1-6H3,(H,36,37,38);/q;+1/p-1/t13-,14+,15-,16+,17-,19+,20-,21-,22-,23-,24-,25-,26-,27-,28-;/m1./s1. The van der Waals surface area contributed by atoms with Crippen LogP contribution in [-0.4, -0.2) is 91.6 Å². The van der Waals surface area contributed by atoms with Crippen molar-refractivity contribution in [2.75, 3.05) is 0 Å². The Morgan fingerprint density at radius 1 is 1.05 bits per heavy atom. The molecule has 0 amide bonds. The van der Waals surface area contributed by atoms with Crippen molar-refractivity contribution in [2.24, 2.45) is 52.3 Å². The molecule has 232 valence electrons. The molecular formula is C28H47NaO11S. The Bertz CT molecular complexity index is 1090. The molecular weight excluding hydrogens is 567 g/mol. The third-order valence-electron chi connectivity index (χ3n) is 12.1. The third kappa shape index (κ3) is 5.54. The minimum Gasteiger partial charge on any atom is -0.726 e. The molecule has 0 spiro atoms. The first-order chi connectivity index (χ1) is 18.2. The molecule has 0 heterocycles. The average Bonchev–Trinajstić information content (AvgIpc) is 3.13. The van der Waals surface area contributed by atoms with Crippen LogP contribution in [0, 0.1) is 52.3 Å². The summed E-state index contributed by atoms with van der Waals surface area (Å²) in [5, 5.41) is 66.7. The van der Waals surface area contributed by atoms with E-state index in [0.717, 1.165) is 0 Å². The molecule has 41 heavy (non-hydrogen) atoms. The monoisotopic (exact) mass is 614 g/mol. The zero-order valence-corrected chi connectivity index (χ0v) is 28.0. The van der Waals surface area contributed by atoms with Gasteiger partial charge in [-0.1, -0.05) is 41.5 Å². The van der Waals surface area contributed by atoms with Crippen molar-refractivity contribution < 1.29 is 82.1 Å². The molecule has 4 saturated carbocycles. The Morgan fingerprint density at radius 2 is 1.63 bits per heavy atom. The molecule has 13 heteroatoms. The van der Waals surface area contributed by atoms with Gasteiger partial charge in [-0.3, -0.25) is 8.98 Å². The molecule has 4 fully saturated rings. The van der Waals surface area contributed by atoms with Crippen molar-refractivity contribution in [1.82, 2.24) is 0 Å². The molecule has 4 aliphatic rings. The van der Waals surface area contributed by atoms with Crippen molar-refractivity contribution in [1.29, 1.82) is 0 Å². The number of fused-ring (bicyclic) bond motifs is 5. The minimum absolute atomic E-state index is 0. The zero-order valence-electron chi connectivity index (χ0n) is 25.2. The fraction of sp³-hybridized carbons (Fsp3) is 0.964. The average molecular weight is 615 g/mol. The van der Waals surface area contributed by atoms with Crippen LogP contribution in [0.5, 0.6) is 0 Å². The van der Waals surface area contributed by atoms with E-state index in [0.29, 0.717) is 12.8 Å². The molecule has 0 aromatic heterocycles. The largest absolute Gasteiger partial charge is 1.00 e. The normalized spacial score (nSPS) is 47.4. The van der Waals surface area contributed by atoms with Gasteiger partial charge in [0.1, 0.15) is 29.7 Å². The maximum Gasteiger partial charge on any atom is 1.00 e. The number of hydrogen-bond acceptors (Lipinski definition) is 11. The molecule has 0 aromatic carbocycles. The topological polar surface area (TPSA) is 205 Å². The van der Waals surface area contributed by atoms with Crippen LogP contribution in [0.2, 0.25) is 0 Å². The summed E-state index contributed by atoms with van der Waals surface area (Å²) in [7, 11) is -5.25. The van der Waals surface area contributed by atoms with Crippen LogP contribution in [-0.2, 0) is 19.4 Å². The summed E-state index contributed by atoms with van der Waals surface area (Å²) >= 11 is 0. The predicted octanol–water partition coefficient (Wildman–Crippen LogP) is -2.65. The first-order valence-electron chi connectivity index (χ1n) is 14.5. The van der Waals surface area contributed by atoms with E-state index < -0.39 is 81.2 Å². The Balaban J connectivity index is 0.00000462. The SMILES string of the molecule is CC(C)[C@@H](C)[C@@H](O)[C@H](O)[C@@H](C)[C@H]1CC(=O)[C@H]2[C@@H]3C[C@@H](O)[C@@]4(O)[C@H](O)[C@H](O)[C@@H](OS(=O)(=O)[O-])C[C@]4(C)[C@H]3CC[C@]12C.[Na+]. The summed E-state index contributed by atoms with van der Waals surface area (Å²) < 4.78 is 38.8. The summed E-state index contributed by atoms with van der Waals surface area (Å²) in [4.78, 5) is 13.7. The smallest absolute Gasteiger partial charge is 0.726 e. The van der Waals surface area contributed by atoms with Crippen LogP contribution in [0.4, 0.5) is 0 Å². The second-order valence-corrected chi connectivity index (χ2v) is 15.2. The van der Waals surface area contributed by atoms with Crippen LogP contribution < -0.4 is 29.6 Å². The van der Waals surface area contributed by atoms with Gasteiger partial charge < -0.3 is 35.2 Å². The quantitative estimate of drug-likeness (QED) is 0.0993. The van der Waals surface area contributed by atoms with Crippen molar-refractivity contribution in [3.8, 4) is 0 Å². The zero-order chi connectivity index (χ0) is 30.3. The summed E-state index contributed by atoms with van der Waals surface area (Å²) in [5.74, 6) is -2.09. The predicted molar refractivity (Wildman–Crippen MR) is 141 cm³/mol. The van der Waals surface area contributed by atoms with Gasteiger partial charge in [-0.05, 0) is 66.6 Å². The van der Waals surface area contributed by atoms with Gasteiger partial charge in [0.05, 0.1) is 18.3 Å². The summed E-state index contributed by atoms with van der Waals surface area (Å²) in [6, 6.07) is 0. The first-order valence-corrected chi connectivity index (χ1v) is 15.8. The molecule has 0 radical (unpaired) electrons. The van der Waals surface area contributed by atoms with E-state index in [1.165, 1.54) is 0 Å². The molecule has 0 bridgehead atoms. The molecule has 6 N–H and O–H groups in total. The van der Waals surface area contributed by atoms with Gasteiger partial charge in [0.25, 0.3) is 0 Å². The molecule has 0 saturated heterocycles. The van der Waals surface area contributed by atoms with Crippen LogP contribution in [0.3, 0.4) is 0 Å². The van der Waals surface area contributed by atoms with E-state index in [-0.39, 0.29) is 78.3 Å². The van der Waals surface area contributed by atoms with Gasteiger partial charge in [-0.15, -0.1) is 0 Å². The van der Waals surface area contributed by atoms with Crippen LogP contribution >= 0.6 is 0 Å². The van der Waals surface area contributed by atoms with Crippen LogP contribution in [0.15, 0.2) is 0 Å². The second-order valence-electron chi connectivity index (χ2n) is 14.2. The number of Topliss-reactive ketones (excluding diaryl/α,β-unsaturated/α-hetero) is 1. The van der Waals surface area contributed by atoms with E-state index in [4.69, 9.17) is 0 Å². The number of aliphatic hydroxyl groups excluding tert-OH is 5. The number of hydrogen-bond donors (Lipinski definition) is 6. The maximum absolute atomic E-state index is 13.7. The minimum atomic E-state index is -5.25. The number of aliphatic hydroxyl groups is 6. The van der Waals surface area contributed by atoms with Gasteiger partial charge >= 0.3 is 29.6 Å². The van der Waals surface area contributed by atoms with Gasteiger partial charge in [-0.25, -0.2) is 8.42 Å². The molecule has 15 atom stereocenters. The fourth-order valence-corrected chi connectivity index (χ4v) is 9.98. The van der Waals surface area contributed by atoms with Crippen molar-refractivity contribution in [3.05, 3.63) is 0 Å². The number of rotatable bonds is 7. The Hall–Kier alpha value is 0.300. The van der Waals surface area contributed by atoms with Gasteiger partial charge in [-0.2, -0.15) is 0 Å². The van der Waals surface area contributed by atoms with E-state index >= 15 is 0 Å². The Morgan fingerprint density at radius 3 is 2.17 bits per heavy atom. The van der Waals surface area contributed by atoms with Crippen LogP contribution in [0.1, 0.15) is 73.6 Å². The van der Waals surface area contributed by atoms with Gasteiger partial charge in [0.2, 0.25) is 10.4 Å². The molecule has 4 aliphatic carbocycles. The first kappa shape index (κ1) is 35.8. The van der Waals surface area contributed by atoms with Crippen molar-refractivity contribution >= 4 is 16.2 Å². The van der Waals surface area contributed by atoms with E-state index in [2.05, 4.69) is 4.18 Å². The summed E-state index contributed by atoms with van der Waals surface area (Å²) in [5.41, 5.74) is -4.18. The third-order valence-corrected chi connectivity index (χ3v) is 12.6. The number of ketones is 1. The van der Waals surface area contributed by atoms with Crippen molar-refractivity contribution in [2.45, 2.75) is 116 Å². The number of carbonyl (C=O) groups is 1. The molecule has 4 rings (SSSR count). The van der Waals surface area contributed by atoms with Crippen molar-refractivity contribution in [3.63, 3.8) is 0 Å². The van der Waals surface area contributed by atoms with E-state index in [1.807, 2.05) is 34.6 Å². The molecule has 11 nitrogen and oxygen atoms in total. The van der Waals surface area contributed by atoms with Crippen LogP contribution in [0.25, 0.3) is 0 Å². The van der Waals surface area contributed by atoms with E-state index in [9.17, 15) is 48.4 Å². The van der Waals surface area contributed by atoms with Gasteiger partial charge in [0, 0.05) is 17.8 Å². The van der Waals surface area contributed by atoms with E-state index in [1.54, 1.807) is 6.92 Å². The molecule has 0 aliphatic heterocycles. The molecule has 0 unspecified atom stereocenters. The second kappa shape index (κ2) is 11.9. The maximum atomic E-state index is 13.7. The summed E-state index contributed by atoms with van der Waals surface area (Å²) in [6.45, 7) is 11.3. The number of carbonyl (C=O) groups excluding carboxylic acids is 1. The Kier molecular flexibility index (Phi) is 10.4. The summed E-state index contributed by atoms with van der Waals surface area (Å²) in [6.07, 6.45) is -8.25. The van der Waals surface area contributed by atoms with Gasteiger partial charge in [0.15, 0.2) is 0 Å². The Labute approximate surface area is 265 Å².